The van der Waals surface area contributed by atoms with E-state index < -0.39 is 11.5 Å². The lowest BCUT2D eigenvalue weighted by molar-refractivity contribution is -0.133. The van der Waals surface area contributed by atoms with Crippen molar-refractivity contribution in [2.24, 2.45) is 5.73 Å². The molecule has 1 unspecified atom stereocenters. The first kappa shape index (κ1) is 18.0. The Morgan fingerprint density at radius 3 is 2.23 bits per heavy atom. The van der Waals surface area contributed by atoms with Crippen LogP contribution in [0.2, 0.25) is 5.02 Å². The van der Waals surface area contributed by atoms with Crippen LogP contribution in [-0.2, 0) is 17.0 Å². The second-order valence-electron chi connectivity index (χ2n) is 5.88. The van der Waals surface area contributed by atoms with Gasteiger partial charge < -0.3 is 15.6 Å². The molecule has 0 fully saturated rings. The third-order valence-electron chi connectivity index (χ3n) is 4.11. The molecule has 26 heavy (non-hydrogen) atoms. The molecule has 5 heteroatoms. The van der Waals surface area contributed by atoms with E-state index in [4.69, 9.17) is 22.1 Å². The second-order valence-corrected chi connectivity index (χ2v) is 6.32. The molecular weight excluding hydrogens is 350 g/mol. The van der Waals surface area contributed by atoms with Crippen LogP contribution in [-0.4, -0.2) is 11.0 Å². The monoisotopic (exact) mass is 367 g/mol. The molecule has 0 spiro atoms. The topological polar surface area (TPSA) is 72.6 Å². The molecule has 0 aliphatic heterocycles. The number of halogens is 1. The molecule has 0 bridgehead atoms. The fourth-order valence-corrected chi connectivity index (χ4v) is 2.93. The van der Waals surface area contributed by atoms with Crippen LogP contribution in [0.25, 0.3) is 0 Å². The van der Waals surface area contributed by atoms with Crippen molar-refractivity contribution in [2.45, 2.75) is 12.2 Å². The largest absolute Gasteiger partial charge is 0.489 e. The van der Waals surface area contributed by atoms with E-state index in [0.717, 1.165) is 5.56 Å². The maximum atomic E-state index is 12.0. The molecule has 3 aromatic carbocycles. The number of rotatable bonds is 6. The van der Waals surface area contributed by atoms with Crippen molar-refractivity contribution >= 4 is 17.5 Å². The zero-order chi connectivity index (χ0) is 18.6. The highest BCUT2D eigenvalue weighted by Gasteiger charge is 2.37. The number of nitrogens with two attached hydrogens (primary N) is 1. The van der Waals surface area contributed by atoms with Gasteiger partial charge in [0.25, 0.3) is 5.91 Å². The predicted octanol–water partition coefficient (Wildman–Crippen LogP) is 3.64. The highest BCUT2D eigenvalue weighted by molar-refractivity contribution is 6.30. The van der Waals surface area contributed by atoms with Gasteiger partial charge in [0.15, 0.2) is 5.60 Å². The van der Waals surface area contributed by atoms with Crippen LogP contribution in [0, 0.1) is 0 Å². The highest BCUT2D eigenvalue weighted by Crippen LogP contribution is 2.30. The number of amides is 1. The van der Waals surface area contributed by atoms with Crippen molar-refractivity contribution in [1.29, 1.82) is 0 Å². The Morgan fingerprint density at radius 2 is 1.62 bits per heavy atom. The van der Waals surface area contributed by atoms with Crippen LogP contribution in [0.4, 0.5) is 0 Å². The summed E-state index contributed by atoms with van der Waals surface area (Å²) < 4.78 is 5.72. The van der Waals surface area contributed by atoms with Gasteiger partial charge in [-0.15, -0.1) is 0 Å². The molecule has 4 nitrogen and oxygen atoms in total. The van der Waals surface area contributed by atoms with Gasteiger partial charge in [0.05, 0.1) is 0 Å². The molecule has 0 aromatic heterocycles. The third-order valence-corrected chi connectivity index (χ3v) is 4.35. The van der Waals surface area contributed by atoms with E-state index in [9.17, 15) is 9.90 Å². The minimum Gasteiger partial charge on any atom is -0.489 e. The van der Waals surface area contributed by atoms with Gasteiger partial charge in [0, 0.05) is 5.02 Å². The molecule has 0 heterocycles. The second kappa shape index (κ2) is 7.60. The van der Waals surface area contributed by atoms with Crippen LogP contribution in [0.15, 0.2) is 78.9 Å². The average Bonchev–Trinajstić information content (AvgIpc) is 2.67. The summed E-state index contributed by atoms with van der Waals surface area (Å²) in [5.74, 6) is -0.232. The quantitative estimate of drug-likeness (QED) is 0.698. The van der Waals surface area contributed by atoms with Gasteiger partial charge >= 0.3 is 0 Å². The Morgan fingerprint density at radius 1 is 0.962 bits per heavy atom. The van der Waals surface area contributed by atoms with E-state index in [0.29, 0.717) is 28.5 Å². The van der Waals surface area contributed by atoms with Crippen molar-refractivity contribution in [2.75, 3.05) is 0 Å². The van der Waals surface area contributed by atoms with Crippen molar-refractivity contribution in [3.05, 3.63) is 101 Å². The highest BCUT2D eigenvalue weighted by atomic mass is 35.5. The Bertz CT molecular complexity index is 897. The molecule has 0 aliphatic carbocycles. The molecule has 1 amide bonds. The molecule has 0 aliphatic rings. The van der Waals surface area contributed by atoms with Gasteiger partial charge in [0.1, 0.15) is 12.4 Å². The molecule has 1 atom stereocenters. The Labute approximate surface area is 156 Å². The van der Waals surface area contributed by atoms with Crippen molar-refractivity contribution in [1.82, 2.24) is 0 Å². The fourth-order valence-electron chi connectivity index (χ4n) is 2.72. The minimum absolute atomic E-state index is 0.360. The van der Waals surface area contributed by atoms with Crippen LogP contribution < -0.4 is 10.5 Å². The van der Waals surface area contributed by atoms with Crippen LogP contribution in [0.5, 0.6) is 5.75 Å². The number of benzene rings is 3. The number of hydrogen-bond acceptors (Lipinski definition) is 3. The number of hydrogen-bond donors (Lipinski definition) is 2. The molecule has 3 N–H and O–H groups in total. The Balaban J connectivity index is 1.80. The van der Waals surface area contributed by atoms with E-state index in [2.05, 4.69) is 0 Å². The number of ether oxygens (including phenoxy) is 1. The summed E-state index contributed by atoms with van der Waals surface area (Å²) in [6.45, 7) is 0.360. The summed E-state index contributed by atoms with van der Waals surface area (Å²) in [5, 5.41) is 11.6. The first-order valence-electron chi connectivity index (χ1n) is 8.06. The van der Waals surface area contributed by atoms with E-state index in [-0.39, 0.29) is 0 Å². The maximum absolute atomic E-state index is 12.0. The summed E-state index contributed by atoms with van der Waals surface area (Å²) in [6, 6.07) is 22.7. The summed E-state index contributed by atoms with van der Waals surface area (Å²) in [5.41, 5.74) is 5.33. The summed E-state index contributed by atoms with van der Waals surface area (Å²) in [7, 11) is 0. The molecule has 0 saturated heterocycles. The van der Waals surface area contributed by atoms with E-state index in [1.165, 1.54) is 0 Å². The smallest absolute Gasteiger partial charge is 0.258 e. The van der Waals surface area contributed by atoms with Gasteiger partial charge in [-0.05, 0) is 41.0 Å². The zero-order valence-corrected chi connectivity index (χ0v) is 14.7. The standard InChI is InChI=1S/C21H18ClNO3/c22-18-8-4-5-15(13-18)14-26-19-11-9-17(10-12-19)21(25,20(23)24)16-6-2-1-3-7-16/h1-13,25H,14H2,(H2,23,24). The third kappa shape index (κ3) is 3.72. The van der Waals surface area contributed by atoms with Crippen molar-refractivity contribution in [3.63, 3.8) is 0 Å². The van der Waals surface area contributed by atoms with Gasteiger partial charge in [-0.1, -0.05) is 66.2 Å². The summed E-state index contributed by atoms with van der Waals surface area (Å²) >= 11 is 5.96. The van der Waals surface area contributed by atoms with Crippen LogP contribution >= 0.6 is 11.6 Å². The van der Waals surface area contributed by atoms with Gasteiger partial charge in [-0.25, -0.2) is 0 Å². The van der Waals surface area contributed by atoms with Gasteiger partial charge in [-0.3, -0.25) is 4.79 Å². The zero-order valence-electron chi connectivity index (χ0n) is 13.9. The van der Waals surface area contributed by atoms with E-state index in [1.54, 1.807) is 60.7 Å². The molecule has 0 saturated carbocycles. The lowest BCUT2D eigenvalue weighted by atomic mass is 9.86. The minimum atomic E-state index is -1.90. The van der Waals surface area contributed by atoms with E-state index >= 15 is 0 Å². The van der Waals surface area contributed by atoms with Crippen molar-refractivity contribution in [3.8, 4) is 5.75 Å². The number of carbonyl (C=O) groups excluding carboxylic acids is 1. The van der Waals surface area contributed by atoms with Crippen LogP contribution in [0.1, 0.15) is 16.7 Å². The van der Waals surface area contributed by atoms with Crippen LogP contribution in [0.3, 0.4) is 0 Å². The number of aliphatic hydroxyl groups is 1. The summed E-state index contributed by atoms with van der Waals surface area (Å²) in [4.78, 5) is 12.0. The number of carbonyl (C=O) groups is 1. The molecule has 3 aromatic rings. The first-order valence-corrected chi connectivity index (χ1v) is 8.43. The fraction of sp³-hybridized carbons (Fsp3) is 0.0952. The van der Waals surface area contributed by atoms with Gasteiger partial charge in [-0.2, -0.15) is 0 Å². The predicted molar refractivity (Wildman–Crippen MR) is 101 cm³/mol. The molecule has 132 valence electrons. The normalized spacial score (nSPS) is 13.0. The summed E-state index contributed by atoms with van der Waals surface area (Å²) in [6.07, 6.45) is 0. The SMILES string of the molecule is NC(=O)C(O)(c1ccccc1)c1ccc(OCc2cccc(Cl)c2)cc1. The molecule has 0 radical (unpaired) electrons. The Kier molecular flexibility index (Phi) is 5.26. The Hall–Kier alpha value is -2.82. The number of primary amides is 1. The molecule has 3 rings (SSSR count). The lowest BCUT2D eigenvalue weighted by Gasteiger charge is -2.25. The maximum Gasteiger partial charge on any atom is 0.258 e. The van der Waals surface area contributed by atoms with Gasteiger partial charge in [0.2, 0.25) is 0 Å². The lowest BCUT2D eigenvalue weighted by Crippen LogP contribution is -2.42. The van der Waals surface area contributed by atoms with E-state index in [1.807, 2.05) is 18.2 Å². The average molecular weight is 368 g/mol. The first-order chi connectivity index (χ1) is 12.5. The van der Waals surface area contributed by atoms with Crippen molar-refractivity contribution < 1.29 is 14.6 Å². The molecular formula is C21H18ClNO3.